The number of aromatic nitrogens is 2. The first-order valence-electron chi connectivity index (χ1n) is 5.51. The molecule has 6 nitrogen and oxygen atoms in total. The van der Waals surface area contributed by atoms with Gasteiger partial charge in [-0.2, -0.15) is 5.10 Å². The van der Waals surface area contributed by atoms with Crippen LogP contribution in [0.15, 0.2) is 35.3 Å². The molecule has 0 aliphatic heterocycles. The van der Waals surface area contributed by atoms with Gasteiger partial charge in [-0.05, 0) is 18.6 Å². The molecular weight excluding hydrogens is 248 g/mol. The molecule has 0 atom stereocenters. The first-order valence-corrected chi connectivity index (χ1v) is 5.51. The standard InChI is InChI=1S/C13H12N2O4/c1-8-3-4-9(19-2)7-10(8)15-6-5-11(16)12(14-15)13(17)18/h3-7H,1-2H3,(H,17,18). The molecule has 98 valence electrons. The van der Waals surface area contributed by atoms with Crippen molar-refractivity contribution in [1.82, 2.24) is 9.78 Å². The molecule has 1 aromatic carbocycles. The minimum atomic E-state index is -1.35. The molecular formula is C13H12N2O4. The lowest BCUT2D eigenvalue weighted by molar-refractivity contribution is 0.0687. The van der Waals surface area contributed by atoms with Crippen LogP contribution in [0.25, 0.3) is 5.69 Å². The minimum absolute atomic E-state index is 0.510. The van der Waals surface area contributed by atoms with Gasteiger partial charge in [-0.3, -0.25) is 4.79 Å². The molecule has 0 aliphatic carbocycles. The Morgan fingerprint density at radius 3 is 2.74 bits per heavy atom. The first kappa shape index (κ1) is 12.8. The molecule has 0 spiro atoms. The molecule has 0 bridgehead atoms. The van der Waals surface area contributed by atoms with Crippen LogP contribution in [-0.2, 0) is 0 Å². The van der Waals surface area contributed by atoms with Gasteiger partial charge < -0.3 is 9.84 Å². The van der Waals surface area contributed by atoms with Gasteiger partial charge >= 0.3 is 5.97 Å². The quantitative estimate of drug-likeness (QED) is 0.898. The molecule has 0 unspecified atom stereocenters. The molecule has 2 rings (SSSR count). The summed E-state index contributed by atoms with van der Waals surface area (Å²) in [5, 5.41) is 12.7. The Morgan fingerprint density at radius 1 is 1.37 bits per heavy atom. The van der Waals surface area contributed by atoms with Crippen LogP contribution in [-0.4, -0.2) is 28.0 Å². The Morgan fingerprint density at radius 2 is 2.11 bits per heavy atom. The van der Waals surface area contributed by atoms with E-state index in [0.29, 0.717) is 11.4 Å². The van der Waals surface area contributed by atoms with E-state index < -0.39 is 17.1 Å². The first-order chi connectivity index (χ1) is 9.02. The van der Waals surface area contributed by atoms with E-state index in [4.69, 9.17) is 9.84 Å². The second-order valence-electron chi connectivity index (χ2n) is 3.93. The topological polar surface area (TPSA) is 81.4 Å². The largest absolute Gasteiger partial charge is 0.497 e. The summed E-state index contributed by atoms with van der Waals surface area (Å²) in [7, 11) is 1.54. The Bertz CT molecular complexity index is 691. The number of rotatable bonds is 3. The van der Waals surface area contributed by atoms with E-state index in [1.165, 1.54) is 24.1 Å². The zero-order valence-electron chi connectivity index (χ0n) is 10.5. The molecule has 0 radical (unpaired) electrons. The fourth-order valence-electron chi connectivity index (χ4n) is 1.65. The van der Waals surface area contributed by atoms with Crippen molar-refractivity contribution in [2.75, 3.05) is 7.11 Å². The van der Waals surface area contributed by atoms with Crippen LogP contribution in [0.3, 0.4) is 0 Å². The average molecular weight is 260 g/mol. The van der Waals surface area contributed by atoms with Crippen LogP contribution in [0.2, 0.25) is 0 Å². The molecule has 0 fully saturated rings. The lowest BCUT2D eigenvalue weighted by Gasteiger charge is -2.10. The van der Waals surface area contributed by atoms with Gasteiger partial charge in [0.25, 0.3) is 0 Å². The summed E-state index contributed by atoms with van der Waals surface area (Å²) in [4.78, 5) is 22.3. The minimum Gasteiger partial charge on any atom is -0.497 e. The highest BCUT2D eigenvalue weighted by molar-refractivity contribution is 5.84. The Hall–Kier alpha value is -2.63. The number of ether oxygens (including phenoxy) is 1. The maximum atomic E-state index is 11.4. The van der Waals surface area contributed by atoms with Crippen molar-refractivity contribution in [1.29, 1.82) is 0 Å². The number of benzene rings is 1. The second-order valence-corrected chi connectivity index (χ2v) is 3.93. The van der Waals surface area contributed by atoms with Gasteiger partial charge in [0.2, 0.25) is 11.1 Å². The maximum absolute atomic E-state index is 11.4. The number of aromatic carboxylic acids is 1. The molecule has 2 aromatic rings. The monoisotopic (exact) mass is 260 g/mol. The molecule has 0 saturated carbocycles. The number of carboxylic acids is 1. The van der Waals surface area contributed by atoms with Crippen molar-refractivity contribution in [2.45, 2.75) is 6.92 Å². The van der Waals surface area contributed by atoms with Gasteiger partial charge in [-0.15, -0.1) is 0 Å². The van der Waals surface area contributed by atoms with E-state index in [9.17, 15) is 9.59 Å². The number of methoxy groups -OCH3 is 1. The van der Waals surface area contributed by atoms with Crippen molar-refractivity contribution in [3.05, 3.63) is 51.9 Å². The third-order valence-corrected chi connectivity index (χ3v) is 2.67. The number of hydrogen-bond donors (Lipinski definition) is 1. The zero-order valence-corrected chi connectivity index (χ0v) is 10.5. The molecule has 6 heteroatoms. The van der Waals surface area contributed by atoms with Gasteiger partial charge in [0.05, 0.1) is 12.8 Å². The van der Waals surface area contributed by atoms with Gasteiger partial charge in [0, 0.05) is 18.3 Å². The second kappa shape index (κ2) is 4.93. The fourth-order valence-corrected chi connectivity index (χ4v) is 1.65. The highest BCUT2D eigenvalue weighted by Crippen LogP contribution is 2.19. The summed E-state index contributed by atoms with van der Waals surface area (Å²) < 4.78 is 6.46. The maximum Gasteiger partial charge on any atom is 0.360 e. The summed E-state index contributed by atoms with van der Waals surface area (Å²) >= 11 is 0. The molecule has 1 N–H and O–H groups in total. The van der Waals surface area contributed by atoms with E-state index in [2.05, 4.69) is 5.10 Å². The number of hydrogen-bond acceptors (Lipinski definition) is 4. The van der Waals surface area contributed by atoms with E-state index >= 15 is 0 Å². The van der Waals surface area contributed by atoms with Crippen LogP contribution in [0.1, 0.15) is 16.1 Å². The normalized spacial score (nSPS) is 10.2. The van der Waals surface area contributed by atoms with E-state index in [1.807, 2.05) is 13.0 Å². The van der Waals surface area contributed by atoms with Gasteiger partial charge in [0.15, 0.2) is 0 Å². The van der Waals surface area contributed by atoms with Crippen molar-refractivity contribution in [2.24, 2.45) is 0 Å². The Labute approximate surface area is 108 Å². The molecule has 19 heavy (non-hydrogen) atoms. The molecule has 1 aromatic heterocycles. The Kier molecular flexibility index (Phi) is 3.33. The fraction of sp³-hybridized carbons (Fsp3) is 0.154. The highest BCUT2D eigenvalue weighted by atomic mass is 16.5. The van der Waals surface area contributed by atoms with E-state index in [-0.39, 0.29) is 0 Å². The van der Waals surface area contributed by atoms with Crippen molar-refractivity contribution in [3.8, 4) is 11.4 Å². The number of carboxylic acid groups (broad SMARTS) is 1. The third kappa shape index (κ3) is 2.47. The van der Waals surface area contributed by atoms with E-state index in [0.717, 1.165) is 5.56 Å². The summed E-state index contributed by atoms with van der Waals surface area (Å²) in [6.45, 7) is 1.86. The summed E-state index contributed by atoms with van der Waals surface area (Å²) in [5.74, 6) is -0.724. The summed E-state index contributed by atoms with van der Waals surface area (Å²) in [6, 6.07) is 6.52. The number of nitrogens with zero attached hydrogens (tertiary/aromatic N) is 2. The van der Waals surface area contributed by atoms with Crippen molar-refractivity contribution in [3.63, 3.8) is 0 Å². The predicted molar refractivity (Wildman–Crippen MR) is 68.1 cm³/mol. The molecule has 0 amide bonds. The highest BCUT2D eigenvalue weighted by Gasteiger charge is 2.12. The van der Waals surface area contributed by atoms with Crippen LogP contribution in [0.4, 0.5) is 0 Å². The van der Waals surface area contributed by atoms with Gasteiger partial charge in [-0.25, -0.2) is 9.48 Å². The molecule has 0 aliphatic rings. The SMILES string of the molecule is COc1ccc(C)c(-n2ccc(=O)c(C(=O)O)n2)c1. The van der Waals surface area contributed by atoms with Crippen LogP contribution in [0.5, 0.6) is 5.75 Å². The molecule has 1 heterocycles. The van der Waals surface area contributed by atoms with Crippen LogP contribution < -0.4 is 10.2 Å². The molecule has 0 saturated heterocycles. The van der Waals surface area contributed by atoms with Crippen molar-refractivity contribution >= 4 is 5.97 Å². The third-order valence-electron chi connectivity index (χ3n) is 2.67. The summed E-state index contributed by atoms with van der Waals surface area (Å²) in [6.07, 6.45) is 1.43. The van der Waals surface area contributed by atoms with E-state index in [1.54, 1.807) is 12.1 Å². The summed E-state index contributed by atoms with van der Waals surface area (Å²) in [5.41, 5.74) is 0.407. The van der Waals surface area contributed by atoms with Gasteiger partial charge in [-0.1, -0.05) is 6.07 Å². The zero-order chi connectivity index (χ0) is 14.0. The van der Waals surface area contributed by atoms with Crippen LogP contribution >= 0.6 is 0 Å². The average Bonchev–Trinajstić information content (AvgIpc) is 2.40. The van der Waals surface area contributed by atoms with Crippen LogP contribution in [0, 0.1) is 6.92 Å². The number of carbonyl (C=O) groups is 1. The number of aryl methyl sites for hydroxylation is 1. The smallest absolute Gasteiger partial charge is 0.360 e. The lowest BCUT2D eigenvalue weighted by Crippen LogP contribution is -2.20. The predicted octanol–water partition coefficient (Wildman–Crippen LogP) is 1.25. The lowest BCUT2D eigenvalue weighted by atomic mass is 10.2. The Balaban J connectivity index is 2.62. The van der Waals surface area contributed by atoms with Crippen molar-refractivity contribution < 1.29 is 14.6 Å². The van der Waals surface area contributed by atoms with Gasteiger partial charge in [0.1, 0.15) is 5.75 Å².